The first-order valence-electron chi connectivity index (χ1n) is 8.96. The van der Waals surface area contributed by atoms with Crippen LogP contribution in [-0.4, -0.2) is 16.8 Å². The first-order valence-corrected chi connectivity index (χ1v) is 9.78. The largest absolute Gasteiger partial charge is 0.397 e. The molecule has 6 nitrogen and oxygen atoms in total. The number of hydrogen-bond donors (Lipinski definition) is 3. The number of primary amides is 1. The third-order valence-electron chi connectivity index (χ3n) is 4.89. The Balaban J connectivity index is 1.93. The number of hydrogen-bond acceptors (Lipinski definition) is 5. The number of carbonyl (C=O) groups excluding carboxylic acids is 2. The predicted octanol–water partition coefficient (Wildman–Crippen LogP) is 3.50. The molecule has 3 aromatic rings. The molecule has 0 saturated carbocycles. The van der Waals surface area contributed by atoms with E-state index in [4.69, 9.17) is 16.5 Å². The van der Waals surface area contributed by atoms with Crippen LogP contribution in [0, 0.1) is 0 Å². The molecular weight excluding hydrogens is 360 g/mol. The van der Waals surface area contributed by atoms with Crippen molar-refractivity contribution >= 4 is 44.7 Å². The molecule has 138 valence electrons. The van der Waals surface area contributed by atoms with Gasteiger partial charge < -0.3 is 16.8 Å². The third-order valence-corrected chi connectivity index (χ3v) is 6.00. The summed E-state index contributed by atoms with van der Waals surface area (Å²) in [5.41, 5.74) is 15.1. The topological polar surface area (TPSA) is 111 Å². The Hall–Kier alpha value is -2.93. The first kappa shape index (κ1) is 17.5. The van der Waals surface area contributed by atoms with Gasteiger partial charge in [0.25, 0.3) is 11.8 Å². The Labute approximate surface area is 160 Å². The fourth-order valence-corrected chi connectivity index (χ4v) is 4.61. The molecule has 5 N–H and O–H groups in total. The lowest BCUT2D eigenvalue weighted by molar-refractivity contribution is 0.100. The van der Waals surface area contributed by atoms with Gasteiger partial charge in [0.1, 0.15) is 9.71 Å². The molecule has 0 fully saturated rings. The highest BCUT2D eigenvalue weighted by atomic mass is 32.1. The molecule has 4 rings (SSSR count). The molecule has 0 aliphatic heterocycles. The molecule has 0 unspecified atom stereocenters. The summed E-state index contributed by atoms with van der Waals surface area (Å²) in [5, 5.41) is 3.50. The highest BCUT2D eigenvalue weighted by Crippen LogP contribution is 2.38. The van der Waals surface area contributed by atoms with Crippen LogP contribution in [0.3, 0.4) is 0 Å². The number of anilines is 2. The standard InChI is InChI=1S/C20H20N4O2S/c21-16-15-14(19(26)23-11-7-3-1-4-8-11)12-9-5-2-6-10-13(12)24-20(15)27-17(16)18(22)25/h1,3-4,7-8H,2,5-6,9-10,21H2,(H2,22,25)(H,23,26). The number of nitrogens with two attached hydrogens (primary N) is 2. The number of nitrogen functional groups attached to an aromatic ring is 1. The molecule has 0 spiro atoms. The van der Waals surface area contributed by atoms with E-state index in [1.807, 2.05) is 30.3 Å². The zero-order chi connectivity index (χ0) is 19.0. The zero-order valence-electron chi connectivity index (χ0n) is 14.7. The van der Waals surface area contributed by atoms with Crippen molar-refractivity contribution in [1.29, 1.82) is 0 Å². The van der Waals surface area contributed by atoms with E-state index in [0.29, 0.717) is 21.5 Å². The summed E-state index contributed by atoms with van der Waals surface area (Å²) in [4.78, 5) is 30.6. The number of thiophene rings is 1. The maximum atomic E-state index is 13.2. The Bertz CT molecular complexity index is 1040. The first-order chi connectivity index (χ1) is 13.1. The van der Waals surface area contributed by atoms with Crippen LogP contribution in [-0.2, 0) is 12.8 Å². The molecule has 2 heterocycles. The van der Waals surface area contributed by atoms with Crippen LogP contribution in [0.2, 0.25) is 0 Å². The van der Waals surface area contributed by atoms with E-state index in [1.54, 1.807) is 0 Å². The highest BCUT2D eigenvalue weighted by Gasteiger charge is 2.27. The number of amides is 2. The van der Waals surface area contributed by atoms with Gasteiger partial charge in [-0.15, -0.1) is 11.3 Å². The molecular formula is C20H20N4O2S. The van der Waals surface area contributed by atoms with E-state index in [0.717, 1.165) is 54.7 Å². The second kappa shape index (κ2) is 7.00. The van der Waals surface area contributed by atoms with Gasteiger partial charge >= 0.3 is 0 Å². The van der Waals surface area contributed by atoms with Crippen molar-refractivity contribution in [2.24, 2.45) is 5.73 Å². The van der Waals surface area contributed by atoms with Crippen LogP contribution in [0.15, 0.2) is 30.3 Å². The lowest BCUT2D eigenvalue weighted by Gasteiger charge is -2.14. The predicted molar refractivity (Wildman–Crippen MR) is 108 cm³/mol. The average Bonchev–Trinajstić information content (AvgIpc) is 2.83. The van der Waals surface area contributed by atoms with Crippen LogP contribution in [0.1, 0.15) is 50.5 Å². The smallest absolute Gasteiger partial charge is 0.260 e. The summed E-state index contributed by atoms with van der Waals surface area (Å²) in [6, 6.07) is 9.29. The van der Waals surface area contributed by atoms with Crippen molar-refractivity contribution < 1.29 is 9.59 Å². The Morgan fingerprint density at radius 3 is 2.56 bits per heavy atom. The van der Waals surface area contributed by atoms with Gasteiger partial charge in [-0.2, -0.15) is 0 Å². The molecule has 1 aliphatic carbocycles. The van der Waals surface area contributed by atoms with Crippen molar-refractivity contribution in [2.45, 2.75) is 32.1 Å². The maximum Gasteiger partial charge on any atom is 0.260 e. The minimum atomic E-state index is -0.597. The van der Waals surface area contributed by atoms with Crippen molar-refractivity contribution in [3.05, 3.63) is 52.0 Å². The second-order valence-electron chi connectivity index (χ2n) is 6.68. The number of rotatable bonds is 3. The van der Waals surface area contributed by atoms with Gasteiger partial charge in [-0.25, -0.2) is 4.98 Å². The van der Waals surface area contributed by atoms with Crippen LogP contribution in [0.5, 0.6) is 0 Å². The van der Waals surface area contributed by atoms with Crippen molar-refractivity contribution in [1.82, 2.24) is 4.98 Å². The highest BCUT2D eigenvalue weighted by molar-refractivity contribution is 7.21. The second-order valence-corrected chi connectivity index (χ2v) is 7.68. The van der Waals surface area contributed by atoms with E-state index < -0.39 is 5.91 Å². The van der Waals surface area contributed by atoms with Gasteiger partial charge in [0.15, 0.2) is 0 Å². The number of pyridine rings is 1. The molecule has 7 heteroatoms. The van der Waals surface area contributed by atoms with Crippen molar-refractivity contribution in [2.75, 3.05) is 11.1 Å². The summed E-state index contributed by atoms with van der Waals surface area (Å²) in [6.07, 6.45) is 4.73. The number of nitrogens with zero attached hydrogens (tertiary/aromatic N) is 1. The molecule has 1 aromatic carbocycles. The number of aromatic nitrogens is 1. The summed E-state index contributed by atoms with van der Waals surface area (Å²) in [7, 11) is 0. The zero-order valence-corrected chi connectivity index (χ0v) is 15.6. The van der Waals surface area contributed by atoms with Crippen LogP contribution >= 0.6 is 11.3 Å². The van der Waals surface area contributed by atoms with Gasteiger partial charge in [-0.3, -0.25) is 9.59 Å². The van der Waals surface area contributed by atoms with Gasteiger partial charge in [-0.1, -0.05) is 24.6 Å². The fourth-order valence-electron chi connectivity index (χ4n) is 3.63. The molecule has 1 aliphatic rings. The summed E-state index contributed by atoms with van der Waals surface area (Å²) >= 11 is 1.16. The normalized spacial score (nSPS) is 13.8. The molecule has 0 saturated heterocycles. The van der Waals surface area contributed by atoms with Crippen LogP contribution in [0.4, 0.5) is 11.4 Å². The minimum Gasteiger partial charge on any atom is -0.397 e. The molecule has 0 radical (unpaired) electrons. The number of benzene rings is 1. The molecule has 2 amide bonds. The Kier molecular flexibility index (Phi) is 4.53. The van der Waals surface area contributed by atoms with Gasteiger partial charge in [0.2, 0.25) is 0 Å². The van der Waals surface area contributed by atoms with E-state index in [9.17, 15) is 9.59 Å². The average molecular weight is 380 g/mol. The summed E-state index contributed by atoms with van der Waals surface area (Å²) in [5.74, 6) is -0.826. The van der Waals surface area contributed by atoms with Crippen molar-refractivity contribution in [3.8, 4) is 0 Å². The minimum absolute atomic E-state index is 0.229. The van der Waals surface area contributed by atoms with E-state index in [-0.39, 0.29) is 16.5 Å². The molecule has 2 aromatic heterocycles. The van der Waals surface area contributed by atoms with Crippen molar-refractivity contribution in [3.63, 3.8) is 0 Å². The quantitative estimate of drug-likeness (QED) is 0.604. The lowest BCUT2D eigenvalue weighted by Crippen LogP contribution is -2.17. The molecule has 0 atom stereocenters. The Morgan fingerprint density at radius 2 is 1.81 bits per heavy atom. The monoisotopic (exact) mass is 380 g/mol. The molecule has 0 bridgehead atoms. The lowest BCUT2D eigenvalue weighted by atomic mass is 9.97. The number of nitrogens with one attached hydrogen (secondary N) is 1. The molecule has 27 heavy (non-hydrogen) atoms. The van der Waals surface area contributed by atoms with Crippen LogP contribution < -0.4 is 16.8 Å². The summed E-state index contributed by atoms with van der Waals surface area (Å²) in [6.45, 7) is 0. The van der Waals surface area contributed by atoms with Gasteiger partial charge in [0.05, 0.1) is 11.3 Å². The van der Waals surface area contributed by atoms with E-state index in [2.05, 4.69) is 5.32 Å². The number of fused-ring (bicyclic) bond motifs is 2. The third kappa shape index (κ3) is 3.14. The number of aryl methyl sites for hydroxylation is 1. The summed E-state index contributed by atoms with van der Waals surface area (Å²) < 4.78 is 0. The van der Waals surface area contributed by atoms with E-state index in [1.165, 1.54) is 0 Å². The Morgan fingerprint density at radius 1 is 1.07 bits per heavy atom. The van der Waals surface area contributed by atoms with Gasteiger partial charge in [-0.05, 0) is 43.4 Å². The van der Waals surface area contributed by atoms with Crippen LogP contribution in [0.25, 0.3) is 10.2 Å². The SMILES string of the molecule is NC(=O)c1sc2nc3c(c(C(=O)Nc4ccccc4)c2c1N)CCCCC3. The maximum absolute atomic E-state index is 13.2. The number of para-hydroxylation sites is 1. The number of carbonyl (C=O) groups is 2. The fraction of sp³-hybridized carbons (Fsp3) is 0.250. The van der Waals surface area contributed by atoms with E-state index >= 15 is 0 Å². The van der Waals surface area contributed by atoms with Gasteiger partial charge in [0, 0.05) is 16.8 Å².